The number of methoxy groups -OCH3 is 1. The van der Waals surface area contributed by atoms with E-state index in [1.54, 1.807) is 27.0 Å². The van der Waals surface area contributed by atoms with Gasteiger partial charge in [0.2, 0.25) is 5.91 Å². The number of thiazole rings is 1. The third-order valence-corrected chi connectivity index (χ3v) is 5.85. The van der Waals surface area contributed by atoms with E-state index in [9.17, 15) is 9.59 Å². The SMILES string of the molecule is CCOC(=O)c1sc(NC(=O)CSc2ccc(-c3ccccc3OC)nn2)nc1C. The number of nitrogens with one attached hydrogen (secondary N) is 1. The summed E-state index contributed by atoms with van der Waals surface area (Å²) in [6.45, 7) is 3.72. The lowest BCUT2D eigenvalue weighted by molar-refractivity contribution is -0.113. The summed E-state index contributed by atoms with van der Waals surface area (Å²) in [6, 6.07) is 11.2. The molecule has 0 aliphatic carbocycles. The van der Waals surface area contributed by atoms with E-state index >= 15 is 0 Å². The maximum Gasteiger partial charge on any atom is 0.350 e. The fourth-order valence-corrected chi connectivity index (χ4v) is 4.02. The van der Waals surface area contributed by atoms with E-state index in [2.05, 4.69) is 20.5 Å². The van der Waals surface area contributed by atoms with E-state index in [1.165, 1.54) is 11.8 Å². The van der Waals surface area contributed by atoms with Crippen LogP contribution in [0.4, 0.5) is 5.13 Å². The molecule has 0 spiro atoms. The summed E-state index contributed by atoms with van der Waals surface area (Å²) in [6.07, 6.45) is 0. The van der Waals surface area contributed by atoms with Crippen molar-refractivity contribution in [3.63, 3.8) is 0 Å². The first kappa shape index (κ1) is 21.7. The Bertz CT molecular complexity index is 1040. The largest absolute Gasteiger partial charge is 0.496 e. The molecule has 2 heterocycles. The average molecular weight is 445 g/mol. The van der Waals surface area contributed by atoms with Gasteiger partial charge in [-0.25, -0.2) is 9.78 Å². The molecule has 0 atom stereocenters. The number of esters is 1. The lowest BCUT2D eigenvalue weighted by Gasteiger charge is -2.07. The van der Waals surface area contributed by atoms with Gasteiger partial charge < -0.3 is 14.8 Å². The Balaban J connectivity index is 1.58. The van der Waals surface area contributed by atoms with E-state index in [0.717, 1.165) is 16.9 Å². The lowest BCUT2D eigenvalue weighted by atomic mass is 10.1. The molecule has 1 aromatic carbocycles. The van der Waals surface area contributed by atoms with Crippen molar-refractivity contribution in [1.82, 2.24) is 15.2 Å². The number of hydrogen-bond donors (Lipinski definition) is 1. The Morgan fingerprint density at radius 2 is 1.97 bits per heavy atom. The molecule has 0 saturated heterocycles. The van der Waals surface area contributed by atoms with Crippen molar-refractivity contribution >= 4 is 40.1 Å². The molecule has 3 rings (SSSR count). The number of aromatic nitrogens is 3. The third-order valence-electron chi connectivity index (χ3n) is 3.88. The first-order chi connectivity index (χ1) is 14.5. The minimum absolute atomic E-state index is 0.135. The zero-order valence-corrected chi connectivity index (χ0v) is 18.3. The van der Waals surface area contributed by atoms with Gasteiger partial charge in [-0.3, -0.25) is 4.79 Å². The second-order valence-corrected chi connectivity index (χ2v) is 7.94. The Kier molecular flexibility index (Phi) is 7.36. The van der Waals surface area contributed by atoms with E-state index in [0.29, 0.717) is 32.2 Å². The molecular formula is C20H20N4O4S2. The fourth-order valence-electron chi connectivity index (χ4n) is 2.53. The van der Waals surface area contributed by atoms with Crippen LogP contribution in [0.3, 0.4) is 0 Å². The number of carbonyl (C=O) groups is 2. The van der Waals surface area contributed by atoms with Gasteiger partial charge in [-0.2, -0.15) is 0 Å². The number of ether oxygens (including phenoxy) is 2. The summed E-state index contributed by atoms with van der Waals surface area (Å²) < 4.78 is 10.3. The highest BCUT2D eigenvalue weighted by Gasteiger charge is 2.17. The van der Waals surface area contributed by atoms with Gasteiger partial charge >= 0.3 is 5.97 Å². The molecule has 0 aliphatic heterocycles. The molecule has 0 unspecified atom stereocenters. The zero-order valence-electron chi connectivity index (χ0n) is 16.7. The Morgan fingerprint density at radius 1 is 1.17 bits per heavy atom. The highest BCUT2D eigenvalue weighted by atomic mass is 32.2. The predicted molar refractivity (Wildman–Crippen MR) is 116 cm³/mol. The quantitative estimate of drug-likeness (QED) is 0.413. The first-order valence-electron chi connectivity index (χ1n) is 9.06. The third kappa shape index (κ3) is 5.33. The predicted octanol–water partition coefficient (Wildman–Crippen LogP) is 3.82. The van der Waals surface area contributed by atoms with Gasteiger partial charge in [-0.1, -0.05) is 35.2 Å². The summed E-state index contributed by atoms with van der Waals surface area (Å²) in [5.41, 5.74) is 2.06. The van der Waals surface area contributed by atoms with Gasteiger partial charge in [0, 0.05) is 5.56 Å². The fraction of sp³-hybridized carbons (Fsp3) is 0.250. The summed E-state index contributed by atoms with van der Waals surface area (Å²) in [7, 11) is 1.61. The van der Waals surface area contributed by atoms with E-state index in [-0.39, 0.29) is 18.3 Å². The molecule has 1 N–H and O–H groups in total. The van der Waals surface area contributed by atoms with Gasteiger partial charge in [0.15, 0.2) is 5.13 Å². The summed E-state index contributed by atoms with van der Waals surface area (Å²) in [5.74, 6) is 0.163. The van der Waals surface area contributed by atoms with Crippen molar-refractivity contribution in [3.8, 4) is 17.0 Å². The number of aryl methyl sites for hydroxylation is 1. The van der Waals surface area contributed by atoms with Crippen LogP contribution in [0, 0.1) is 6.92 Å². The summed E-state index contributed by atoms with van der Waals surface area (Å²) in [4.78, 5) is 28.7. The number of rotatable bonds is 8. The number of thioether (sulfide) groups is 1. The van der Waals surface area contributed by atoms with Gasteiger partial charge in [-0.05, 0) is 38.1 Å². The molecule has 0 saturated carbocycles. The van der Waals surface area contributed by atoms with Gasteiger partial charge in [0.1, 0.15) is 15.7 Å². The van der Waals surface area contributed by atoms with Crippen LogP contribution in [0.2, 0.25) is 0 Å². The number of nitrogens with zero attached hydrogens (tertiary/aromatic N) is 3. The number of hydrogen-bond acceptors (Lipinski definition) is 9. The molecule has 156 valence electrons. The van der Waals surface area contributed by atoms with Crippen molar-refractivity contribution < 1.29 is 19.1 Å². The monoisotopic (exact) mass is 444 g/mol. The molecule has 0 fully saturated rings. The Morgan fingerprint density at radius 3 is 2.67 bits per heavy atom. The van der Waals surface area contributed by atoms with E-state index in [4.69, 9.17) is 9.47 Å². The molecule has 1 amide bonds. The van der Waals surface area contributed by atoms with Crippen molar-refractivity contribution in [2.75, 3.05) is 24.8 Å². The smallest absolute Gasteiger partial charge is 0.350 e. The van der Waals surface area contributed by atoms with Crippen molar-refractivity contribution in [2.45, 2.75) is 18.9 Å². The average Bonchev–Trinajstić information content (AvgIpc) is 3.12. The van der Waals surface area contributed by atoms with Crippen LogP contribution in [0.25, 0.3) is 11.3 Å². The highest BCUT2D eigenvalue weighted by molar-refractivity contribution is 7.99. The van der Waals surface area contributed by atoms with Crippen molar-refractivity contribution in [1.29, 1.82) is 0 Å². The van der Waals surface area contributed by atoms with E-state index < -0.39 is 5.97 Å². The van der Waals surface area contributed by atoms with Crippen LogP contribution >= 0.6 is 23.1 Å². The molecule has 2 aromatic heterocycles. The normalized spacial score (nSPS) is 10.5. The molecule has 30 heavy (non-hydrogen) atoms. The standard InChI is InChI=1S/C20H20N4O4S2/c1-4-28-19(26)18-12(2)21-20(30-18)22-16(25)11-29-17-10-9-14(23-24-17)13-7-5-6-8-15(13)27-3/h5-10H,4,11H2,1-3H3,(H,21,22,25). The van der Waals surface area contributed by atoms with Crippen LogP contribution in [0.5, 0.6) is 5.75 Å². The van der Waals surface area contributed by atoms with Crippen LogP contribution in [-0.4, -0.2) is 46.5 Å². The summed E-state index contributed by atoms with van der Waals surface area (Å²) in [5, 5.41) is 12.1. The highest BCUT2D eigenvalue weighted by Crippen LogP contribution is 2.28. The molecular weight excluding hydrogens is 424 g/mol. The van der Waals surface area contributed by atoms with Crippen molar-refractivity contribution in [3.05, 3.63) is 47.0 Å². The number of para-hydroxylation sites is 1. The van der Waals surface area contributed by atoms with Gasteiger partial charge in [0.05, 0.1) is 30.9 Å². The minimum atomic E-state index is -0.437. The van der Waals surface area contributed by atoms with Crippen LogP contribution in [0.15, 0.2) is 41.4 Å². The zero-order chi connectivity index (χ0) is 21.5. The van der Waals surface area contributed by atoms with Gasteiger partial charge in [-0.15, -0.1) is 10.2 Å². The Labute approximate surface area is 182 Å². The van der Waals surface area contributed by atoms with Crippen molar-refractivity contribution in [2.24, 2.45) is 0 Å². The molecule has 8 nitrogen and oxygen atoms in total. The number of anilines is 1. The number of amides is 1. The molecule has 0 aliphatic rings. The molecule has 10 heteroatoms. The maximum atomic E-state index is 12.2. The van der Waals surface area contributed by atoms with Crippen LogP contribution < -0.4 is 10.1 Å². The molecule has 3 aromatic rings. The number of benzene rings is 1. The topological polar surface area (TPSA) is 103 Å². The van der Waals surface area contributed by atoms with Crippen LogP contribution in [-0.2, 0) is 9.53 Å². The second-order valence-electron chi connectivity index (χ2n) is 5.95. The van der Waals surface area contributed by atoms with Crippen LogP contribution in [0.1, 0.15) is 22.3 Å². The first-order valence-corrected chi connectivity index (χ1v) is 10.9. The molecule has 0 radical (unpaired) electrons. The second kappa shape index (κ2) is 10.2. The molecule has 0 bridgehead atoms. The van der Waals surface area contributed by atoms with Gasteiger partial charge in [0.25, 0.3) is 0 Å². The maximum absolute atomic E-state index is 12.2. The number of carbonyl (C=O) groups excluding carboxylic acids is 2. The Hall–Kier alpha value is -2.98. The lowest BCUT2D eigenvalue weighted by Crippen LogP contribution is -2.14. The minimum Gasteiger partial charge on any atom is -0.496 e. The van der Waals surface area contributed by atoms with E-state index in [1.807, 2.05) is 30.3 Å². The summed E-state index contributed by atoms with van der Waals surface area (Å²) >= 11 is 2.35.